The Labute approximate surface area is 105 Å². The van der Waals surface area contributed by atoms with Crippen LogP contribution in [-0.2, 0) is 0 Å². The zero-order chi connectivity index (χ0) is 12.4. The summed E-state index contributed by atoms with van der Waals surface area (Å²) in [6, 6.07) is 6.60. The number of nitrogens with two attached hydrogens (primary N) is 1. The molecule has 0 bridgehead atoms. The van der Waals surface area contributed by atoms with Gasteiger partial charge in [-0.3, -0.25) is 9.59 Å². The molecule has 86 valence electrons. The zero-order valence-corrected chi connectivity index (χ0v) is 10.2. The molecule has 0 aliphatic heterocycles. The highest BCUT2D eigenvalue weighted by molar-refractivity contribution is 9.10. The van der Waals surface area contributed by atoms with Gasteiger partial charge in [-0.2, -0.15) is 5.10 Å². The minimum absolute atomic E-state index is 0.191. The minimum atomic E-state index is -0.579. The van der Waals surface area contributed by atoms with E-state index in [-0.39, 0.29) is 5.69 Å². The van der Waals surface area contributed by atoms with Crippen LogP contribution in [0.5, 0.6) is 0 Å². The van der Waals surface area contributed by atoms with E-state index in [9.17, 15) is 9.59 Å². The van der Waals surface area contributed by atoms with E-state index in [0.717, 1.165) is 12.0 Å². The Kier molecular flexibility index (Phi) is 3.06. The average molecular weight is 294 g/mol. The first-order valence-corrected chi connectivity index (χ1v) is 5.51. The summed E-state index contributed by atoms with van der Waals surface area (Å²) in [6.45, 7) is 0. The molecule has 0 saturated carbocycles. The number of amides is 1. The number of hydrogen-bond donors (Lipinski definition) is 1. The molecule has 6 heteroatoms. The third-order valence-electron chi connectivity index (χ3n) is 2.20. The average Bonchev–Trinajstić information content (AvgIpc) is 2.78. The molecule has 0 atom stereocenters. The molecule has 0 fully saturated rings. The van der Waals surface area contributed by atoms with Crippen LogP contribution >= 0.6 is 15.9 Å². The van der Waals surface area contributed by atoms with Crippen LogP contribution in [0.2, 0.25) is 0 Å². The number of aldehydes is 1. The molecular formula is C11H8BrN3O2. The molecule has 5 nitrogen and oxygen atoms in total. The van der Waals surface area contributed by atoms with Gasteiger partial charge in [0, 0.05) is 16.2 Å². The standard InChI is InChI=1S/C11H8BrN3O2/c12-8-5-7(6-16)1-2-10(8)15-4-3-9(14-15)11(13)17/h1-6H,(H2,13,17). The lowest BCUT2D eigenvalue weighted by Crippen LogP contribution is -2.12. The second kappa shape index (κ2) is 4.50. The van der Waals surface area contributed by atoms with Crippen LogP contribution in [0.3, 0.4) is 0 Å². The van der Waals surface area contributed by atoms with Crippen LogP contribution in [-0.4, -0.2) is 22.0 Å². The molecule has 0 radical (unpaired) electrons. The SMILES string of the molecule is NC(=O)c1ccn(-c2ccc(C=O)cc2Br)n1. The maximum atomic E-state index is 10.9. The number of benzene rings is 1. The van der Waals surface area contributed by atoms with E-state index < -0.39 is 5.91 Å². The van der Waals surface area contributed by atoms with Crippen LogP contribution in [0.15, 0.2) is 34.9 Å². The van der Waals surface area contributed by atoms with E-state index in [2.05, 4.69) is 21.0 Å². The number of primary amides is 1. The number of hydrogen-bond acceptors (Lipinski definition) is 3. The summed E-state index contributed by atoms with van der Waals surface area (Å²) in [4.78, 5) is 21.5. The molecule has 2 N–H and O–H groups in total. The zero-order valence-electron chi connectivity index (χ0n) is 8.63. The van der Waals surface area contributed by atoms with Gasteiger partial charge in [0.25, 0.3) is 5.91 Å². The van der Waals surface area contributed by atoms with Gasteiger partial charge < -0.3 is 5.73 Å². The molecule has 1 aromatic heterocycles. The smallest absolute Gasteiger partial charge is 0.269 e. The molecule has 2 aromatic rings. The molecule has 0 unspecified atom stereocenters. The van der Waals surface area contributed by atoms with E-state index in [0.29, 0.717) is 10.0 Å². The van der Waals surface area contributed by atoms with Crippen LogP contribution < -0.4 is 5.73 Å². The summed E-state index contributed by atoms with van der Waals surface area (Å²) in [7, 11) is 0. The van der Waals surface area contributed by atoms with E-state index in [1.54, 1.807) is 24.4 Å². The Balaban J connectivity index is 2.45. The lowest BCUT2D eigenvalue weighted by molar-refractivity contribution is 0.0994. The number of aromatic nitrogens is 2. The first-order chi connectivity index (χ1) is 8.11. The Morgan fingerprint density at radius 3 is 2.71 bits per heavy atom. The largest absolute Gasteiger partial charge is 0.364 e. The summed E-state index contributed by atoms with van der Waals surface area (Å²) in [5, 5.41) is 4.02. The van der Waals surface area contributed by atoms with Gasteiger partial charge in [-0.15, -0.1) is 0 Å². The van der Waals surface area contributed by atoms with E-state index in [1.807, 2.05) is 0 Å². The van der Waals surface area contributed by atoms with Crippen molar-refractivity contribution in [2.45, 2.75) is 0 Å². The highest BCUT2D eigenvalue weighted by Gasteiger charge is 2.08. The maximum absolute atomic E-state index is 10.9. The van der Waals surface area contributed by atoms with Crippen LogP contribution in [0.4, 0.5) is 0 Å². The number of nitrogens with zero attached hydrogens (tertiary/aromatic N) is 2. The first-order valence-electron chi connectivity index (χ1n) is 4.72. The Hall–Kier alpha value is -1.95. The maximum Gasteiger partial charge on any atom is 0.269 e. The quantitative estimate of drug-likeness (QED) is 0.872. The molecule has 1 amide bonds. The van der Waals surface area contributed by atoms with Gasteiger partial charge in [0.05, 0.1) is 5.69 Å². The molecule has 0 saturated heterocycles. The van der Waals surface area contributed by atoms with E-state index in [1.165, 1.54) is 10.7 Å². The molecule has 17 heavy (non-hydrogen) atoms. The summed E-state index contributed by atoms with van der Waals surface area (Å²) >= 11 is 3.34. The van der Waals surface area contributed by atoms with Crippen LogP contribution in [0.25, 0.3) is 5.69 Å². The monoisotopic (exact) mass is 293 g/mol. The minimum Gasteiger partial charge on any atom is -0.364 e. The highest BCUT2D eigenvalue weighted by atomic mass is 79.9. The van der Waals surface area contributed by atoms with E-state index >= 15 is 0 Å². The van der Waals surface area contributed by atoms with Crippen molar-refractivity contribution < 1.29 is 9.59 Å². The summed E-state index contributed by atoms with van der Waals surface area (Å²) in [5.41, 5.74) is 6.59. The lowest BCUT2D eigenvalue weighted by Gasteiger charge is -2.04. The summed E-state index contributed by atoms with van der Waals surface area (Å²) < 4.78 is 2.22. The van der Waals surface area contributed by atoms with Gasteiger partial charge in [0.2, 0.25) is 0 Å². The normalized spacial score (nSPS) is 10.2. The molecular weight excluding hydrogens is 286 g/mol. The van der Waals surface area contributed by atoms with Crippen molar-refractivity contribution >= 4 is 28.1 Å². The molecule has 0 spiro atoms. The van der Waals surface area contributed by atoms with Crippen molar-refractivity contribution in [3.8, 4) is 5.69 Å². The fourth-order valence-corrected chi connectivity index (χ4v) is 1.95. The topological polar surface area (TPSA) is 78.0 Å². The van der Waals surface area contributed by atoms with Crippen molar-refractivity contribution in [2.24, 2.45) is 5.73 Å². The Bertz CT molecular complexity index is 592. The van der Waals surface area contributed by atoms with Crippen molar-refractivity contribution in [2.75, 3.05) is 0 Å². The number of rotatable bonds is 3. The van der Waals surface area contributed by atoms with Crippen molar-refractivity contribution in [1.82, 2.24) is 9.78 Å². The fraction of sp³-hybridized carbons (Fsp3) is 0. The van der Waals surface area contributed by atoms with Gasteiger partial charge in [-0.25, -0.2) is 4.68 Å². The lowest BCUT2D eigenvalue weighted by atomic mass is 10.2. The van der Waals surface area contributed by atoms with Gasteiger partial charge in [-0.05, 0) is 40.2 Å². The van der Waals surface area contributed by atoms with Gasteiger partial charge in [0.15, 0.2) is 0 Å². The van der Waals surface area contributed by atoms with Crippen LogP contribution in [0.1, 0.15) is 20.8 Å². The third kappa shape index (κ3) is 2.26. The van der Waals surface area contributed by atoms with Gasteiger partial charge in [-0.1, -0.05) is 0 Å². The molecule has 0 aliphatic carbocycles. The predicted molar refractivity (Wildman–Crippen MR) is 65.2 cm³/mol. The molecule has 0 aliphatic rings. The second-order valence-electron chi connectivity index (χ2n) is 3.34. The first kappa shape index (κ1) is 11.5. The van der Waals surface area contributed by atoms with Gasteiger partial charge >= 0.3 is 0 Å². The highest BCUT2D eigenvalue weighted by Crippen LogP contribution is 2.21. The summed E-state index contributed by atoms with van der Waals surface area (Å²) in [6.07, 6.45) is 2.38. The summed E-state index contributed by atoms with van der Waals surface area (Å²) in [5.74, 6) is -0.579. The van der Waals surface area contributed by atoms with E-state index in [4.69, 9.17) is 5.73 Å². The molecule has 1 aromatic carbocycles. The Morgan fingerprint density at radius 2 is 2.18 bits per heavy atom. The van der Waals surface area contributed by atoms with Crippen molar-refractivity contribution in [3.05, 3.63) is 46.2 Å². The number of carbonyl (C=O) groups excluding carboxylic acids is 2. The van der Waals surface area contributed by atoms with Gasteiger partial charge in [0.1, 0.15) is 12.0 Å². The third-order valence-corrected chi connectivity index (χ3v) is 2.83. The fourth-order valence-electron chi connectivity index (χ4n) is 1.37. The van der Waals surface area contributed by atoms with Crippen molar-refractivity contribution in [3.63, 3.8) is 0 Å². The van der Waals surface area contributed by atoms with Crippen LogP contribution in [0, 0.1) is 0 Å². The predicted octanol–water partition coefficient (Wildman–Crippen LogP) is 1.55. The Morgan fingerprint density at radius 1 is 1.41 bits per heavy atom. The molecule has 2 rings (SSSR count). The van der Waals surface area contributed by atoms with Crippen molar-refractivity contribution in [1.29, 1.82) is 0 Å². The number of halogens is 1. The number of carbonyl (C=O) groups is 2. The second-order valence-corrected chi connectivity index (χ2v) is 4.19. The molecule has 1 heterocycles.